The van der Waals surface area contributed by atoms with Crippen molar-refractivity contribution in [2.75, 3.05) is 40.4 Å². The van der Waals surface area contributed by atoms with Gasteiger partial charge in [0.15, 0.2) is 11.5 Å². The Balaban J connectivity index is 1.39. The molecule has 0 spiro atoms. The summed E-state index contributed by atoms with van der Waals surface area (Å²) >= 11 is 0. The molecule has 0 amide bonds. The molecule has 0 aliphatic carbocycles. The fraction of sp³-hybridized carbons (Fsp3) is 0.308. The lowest BCUT2D eigenvalue weighted by Crippen LogP contribution is -2.43. The second-order valence-corrected chi connectivity index (χ2v) is 7.96. The maximum atomic E-state index is 11.4. The molecule has 1 saturated heterocycles. The maximum absolute atomic E-state index is 11.4. The summed E-state index contributed by atoms with van der Waals surface area (Å²) in [6.07, 6.45) is 1.78. The standard InChI is InChI=1S/C26H29N3O4/c1-19(30)33-26-24(31-2)15-20(16-25(26)32-3)17-27-29-13-11-28(12-14-29)18-22-9-6-8-21-7-4-5-10-23(21)22/h4-10,15-17H,11-14,18H2,1-3H3/b27-17+. The molecule has 0 saturated carbocycles. The van der Waals surface area contributed by atoms with Gasteiger partial charge in [-0.1, -0.05) is 42.5 Å². The van der Waals surface area contributed by atoms with Crippen molar-refractivity contribution in [1.29, 1.82) is 0 Å². The molecule has 0 radical (unpaired) electrons. The van der Waals surface area contributed by atoms with E-state index >= 15 is 0 Å². The van der Waals surface area contributed by atoms with Crippen molar-refractivity contribution in [3.63, 3.8) is 0 Å². The van der Waals surface area contributed by atoms with Gasteiger partial charge in [-0.15, -0.1) is 0 Å². The normalized spacial score (nSPS) is 14.6. The monoisotopic (exact) mass is 447 g/mol. The van der Waals surface area contributed by atoms with Crippen molar-refractivity contribution in [3.8, 4) is 17.2 Å². The van der Waals surface area contributed by atoms with E-state index < -0.39 is 5.97 Å². The number of carbonyl (C=O) groups excluding carboxylic acids is 1. The Morgan fingerprint density at radius 1 is 0.970 bits per heavy atom. The molecule has 0 unspecified atom stereocenters. The van der Waals surface area contributed by atoms with Gasteiger partial charge in [0.2, 0.25) is 5.75 Å². The molecule has 3 aromatic carbocycles. The number of nitrogens with zero attached hydrogens (tertiary/aromatic N) is 3. The molecule has 1 fully saturated rings. The van der Waals surface area contributed by atoms with E-state index in [1.807, 2.05) is 0 Å². The van der Waals surface area contributed by atoms with Crippen molar-refractivity contribution >= 4 is 23.0 Å². The predicted molar refractivity (Wildman–Crippen MR) is 129 cm³/mol. The zero-order chi connectivity index (χ0) is 23.2. The highest BCUT2D eigenvalue weighted by molar-refractivity contribution is 5.85. The van der Waals surface area contributed by atoms with Crippen LogP contribution in [0.4, 0.5) is 0 Å². The van der Waals surface area contributed by atoms with Crippen LogP contribution < -0.4 is 14.2 Å². The number of ether oxygens (including phenoxy) is 3. The molecule has 1 aliphatic rings. The molecule has 33 heavy (non-hydrogen) atoms. The fourth-order valence-corrected chi connectivity index (χ4v) is 4.05. The van der Waals surface area contributed by atoms with Crippen molar-refractivity contribution < 1.29 is 19.0 Å². The lowest BCUT2D eigenvalue weighted by atomic mass is 10.0. The Morgan fingerprint density at radius 2 is 1.64 bits per heavy atom. The first-order valence-electron chi connectivity index (χ1n) is 11.0. The number of hydrazone groups is 1. The Labute approximate surface area is 194 Å². The molecule has 7 heteroatoms. The van der Waals surface area contributed by atoms with Crippen LogP contribution in [0.15, 0.2) is 59.7 Å². The van der Waals surface area contributed by atoms with Crippen LogP contribution in [0.25, 0.3) is 10.8 Å². The molecular formula is C26H29N3O4. The van der Waals surface area contributed by atoms with E-state index in [4.69, 9.17) is 14.2 Å². The van der Waals surface area contributed by atoms with E-state index in [2.05, 4.69) is 57.5 Å². The summed E-state index contributed by atoms with van der Waals surface area (Å²) in [4.78, 5) is 13.9. The number of methoxy groups -OCH3 is 2. The van der Waals surface area contributed by atoms with Crippen LogP contribution in [-0.4, -0.2) is 62.5 Å². The summed E-state index contributed by atoms with van der Waals surface area (Å²) in [5.74, 6) is 0.679. The first-order valence-corrected chi connectivity index (χ1v) is 11.0. The number of piperazine rings is 1. The largest absolute Gasteiger partial charge is 0.493 e. The minimum atomic E-state index is -0.436. The van der Waals surface area contributed by atoms with Gasteiger partial charge in [0, 0.05) is 45.2 Å². The number of carbonyl (C=O) groups is 1. The first kappa shape index (κ1) is 22.6. The van der Waals surface area contributed by atoms with Crippen LogP contribution in [0.3, 0.4) is 0 Å². The summed E-state index contributed by atoms with van der Waals surface area (Å²) < 4.78 is 16.0. The highest BCUT2D eigenvalue weighted by Gasteiger charge is 2.18. The van der Waals surface area contributed by atoms with E-state index in [0.717, 1.165) is 38.3 Å². The maximum Gasteiger partial charge on any atom is 0.308 e. The number of fused-ring (bicyclic) bond motifs is 1. The van der Waals surface area contributed by atoms with Crippen molar-refractivity contribution in [2.24, 2.45) is 5.10 Å². The van der Waals surface area contributed by atoms with Gasteiger partial charge in [0.05, 0.1) is 20.4 Å². The summed E-state index contributed by atoms with van der Waals surface area (Å²) in [7, 11) is 3.05. The van der Waals surface area contributed by atoms with Gasteiger partial charge in [-0.2, -0.15) is 5.10 Å². The molecule has 0 bridgehead atoms. The third-order valence-corrected chi connectivity index (χ3v) is 5.72. The molecule has 7 nitrogen and oxygen atoms in total. The number of hydrogen-bond acceptors (Lipinski definition) is 7. The Bertz CT molecular complexity index is 1120. The average molecular weight is 448 g/mol. The number of rotatable bonds is 7. The van der Waals surface area contributed by atoms with Crippen molar-refractivity contribution in [2.45, 2.75) is 13.5 Å². The van der Waals surface area contributed by atoms with Gasteiger partial charge in [0.1, 0.15) is 0 Å². The number of esters is 1. The predicted octanol–water partition coefficient (Wildman–Crippen LogP) is 3.93. The van der Waals surface area contributed by atoms with Gasteiger partial charge in [-0.05, 0) is 28.5 Å². The number of benzene rings is 3. The fourth-order valence-electron chi connectivity index (χ4n) is 4.05. The van der Waals surface area contributed by atoms with Crippen molar-refractivity contribution in [1.82, 2.24) is 9.91 Å². The zero-order valence-corrected chi connectivity index (χ0v) is 19.3. The van der Waals surface area contributed by atoms with Gasteiger partial charge < -0.3 is 14.2 Å². The average Bonchev–Trinajstić information content (AvgIpc) is 2.84. The van der Waals surface area contributed by atoms with E-state index in [0.29, 0.717) is 11.5 Å². The molecule has 172 valence electrons. The van der Waals surface area contributed by atoms with Gasteiger partial charge in [-0.3, -0.25) is 14.7 Å². The second kappa shape index (κ2) is 10.4. The number of hydrogen-bond donors (Lipinski definition) is 0. The van der Waals surface area contributed by atoms with Gasteiger partial charge in [-0.25, -0.2) is 0 Å². The molecule has 0 aromatic heterocycles. The lowest BCUT2D eigenvalue weighted by Gasteiger charge is -2.33. The van der Waals surface area contributed by atoms with Gasteiger partial charge in [0.25, 0.3) is 0 Å². The minimum absolute atomic E-state index is 0.270. The van der Waals surface area contributed by atoms with E-state index in [1.54, 1.807) is 18.3 Å². The van der Waals surface area contributed by atoms with Crippen LogP contribution in [0, 0.1) is 0 Å². The van der Waals surface area contributed by atoms with Crippen LogP contribution in [-0.2, 0) is 11.3 Å². The van der Waals surface area contributed by atoms with Crippen molar-refractivity contribution in [3.05, 3.63) is 65.7 Å². The van der Waals surface area contributed by atoms with E-state index in [1.165, 1.54) is 37.5 Å². The molecule has 4 rings (SSSR count). The second-order valence-electron chi connectivity index (χ2n) is 7.96. The Morgan fingerprint density at radius 3 is 2.30 bits per heavy atom. The smallest absolute Gasteiger partial charge is 0.308 e. The van der Waals surface area contributed by atoms with Gasteiger partial charge >= 0.3 is 5.97 Å². The first-order chi connectivity index (χ1) is 16.1. The Kier molecular flexibility index (Phi) is 7.10. The third kappa shape index (κ3) is 5.43. The van der Waals surface area contributed by atoms with E-state index in [9.17, 15) is 4.79 Å². The third-order valence-electron chi connectivity index (χ3n) is 5.72. The summed E-state index contributed by atoms with van der Waals surface area (Å²) in [5, 5.41) is 9.32. The highest BCUT2D eigenvalue weighted by Crippen LogP contribution is 2.38. The highest BCUT2D eigenvalue weighted by atomic mass is 16.6. The molecule has 3 aromatic rings. The molecule has 1 aliphatic heterocycles. The topological polar surface area (TPSA) is 63.6 Å². The van der Waals surface area contributed by atoms with Crippen LogP contribution in [0.5, 0.6) is 17.2 Å². The summed E-state index contributed by atoms with van der Waals surface area (Å²) in [6, 6.07) is 18.6. The van der Waals surface area contributed by atoms with Crippen LogP contribution in [0.1, 0.15) is 18.1 Å². The summed E-state index contributed by atoms with van der Waals surface area (Å²) in [5.41, 5.74) is 2.16. The quantitative estimate of drug-likeness (QED) is 0.311. The minimum Gasteiger partial charge on any atom is -0.493 e. The van der Waals surface area contributed by atoms with E-state index in [-0.39, 0.29) is 5.75 Å². The van der Waals surface area contributed by atoms with Crippen LogP contribution in [0.2, 0.25) is 0 Å². The molecule has 0 atom stereocenters. The molecule has 1 heterocycles. The lowest BCUT2D eigenvalue weighted by molar-refractivity contribution is -0.132. The van der Waals surface area contributed by atoms with Crippen LogP contribution >= 0.6 is 0 Å². The summed E-state index contributed by atoms with van der Waals surface area (Å²) in [6.45, 7) is 5.86. The zero-order valence-electron chi connectivity index (χ0n) is 19.3. The molecular weight excluding hydrogens is 418 g/mol. The Hall–Kier alpha value is -3.58. The SMILES string of the molecule is COc1cc(/C=N/N2CCN(Cc3cccc4ccccc34)CC2)cc(OC)c1OC(C)=O. The molecule has 0 N–H and O–H groups in total.